The smallest absolute Gasteiger partial charge is 0.137 e. The van der Waals surface area contributed by atoms with Gasteiger partial charge in [0.25, 0.3) is 0 Å². The molecule has 0 radical (unpaired) electrons. The normalized spacial score (nSPS) is 11.8. The highest BCUT2D eigenvalue weighted by Crippen LogP contribution is 2.38. The van der Waals surface area contributed by atoms with Gasteiger partial charge in [-0.1, -0.05) is 51.1 Å². The molecule has 0 aliphatic heterocycles. The molecule has 7 aromatic rings. The highest BCUT2D eigenvalue weighted by molar-refractivity contribution is 6.10. The first kappa shape index (κ1) is 29.4. The Balaban J connectivity index is 1.36. The van der Waals surface area contributed by atoms with Crippen molar-refractivity contribution < 1.29 is 9.47 Å². The van der Waals surface area contributed by atoms with E-state index in [0.717, 1.165) is 78.6 Å². The van der Waals surface area contributed by atoms with Crippen LogP contribution in [0.3, 0.4) is 0 Å². The second-order valence-corrected chi connectivity index (χ2v) is 13.0. The maximum atomic E-state index is 6.70. The molecule has 7 rings (SSSR count). The van der Waals surface area contributed by atoms with Gasteiger partial charge in [0.1, 0.15) is 23.1 Å². The van der Waals surface area contributed by atoms with Gasteiger partial charge in [0.05, 0.1) is 29.5 Å². The number of methoxy groups -OCH3 is 1. The SMILES string of the molecule is COc1ccc2c(c1)c1ccc(Oc3cc(-n4nc(C)c(-c5ccccc5)c4C)cc(C(C)(C)C)c3)cc1n2-c1cc(C)ccn1. The third-order valence-corrected chi connectivity index (χ3v) is 8.67. The number of pyridine rings is 1. The first-order valence-corrected chi connectivity index (χ1v) is 15.6. The zero-order valence-electron chi connectivity index (χ0n) is 27.4. The van der Waals surface area contributed by atoms with Crippen molar-refractivity contribution in [3.05, 3.63) is 126 Å². The fourth-order valence-corrected chi connectivity index (χ4v) is 6.31. The Kier molecular flexibility index (Phi) is 7.16. The number of nitrogens with zero attached hydrogens (tertiary/aromatic N) is 4. The van der Waals surface area contributed by atoms with Gasteiger partial charge in [-0.25, -0.2) is 9.67 Å². The van der Waals surface area contributed by atoms with Crippen LogP contribution in [-0.2, 0) is 5.41 Å². The zero-order valence-corrected chi connectivity index (χ0v) is 27.4. The van der Waals surface area contributed by atoms with Gasteiger partial charge in [0.15, 0.2) is 0 Å². The van der Waals surface area contributed by atoms with Gasteiger partial charge in [0, 0.05) is 40.4 Å². The Labute approximate surface area is 269 Å². The topological polar surface area (TPSA) is 54.1 Å². The number of ether oxygens (including phenoxy) is 2. The summed E-state index contributed by atoms with van der Waals surface area (Å²) >= 11 is 0. The molecule has 4 aromatic carbocycles. The van der Waals surface area contributed by atoms with Gasteiger partial charge in [-0.3, -0.25) is 4.57 Å². The van der Waals surface area contributed by atoms with Crippen molar-refractivity contribution in [2.45, 2.75) is 47.0 Å². The van der Waals surface area contributed by atoms with Crippen molar-refractivity contribution in [2.75, 3.05) is 7.11 Å². The van der Waals surface area contributed by atoms with Crippen LogP contribution in [0.15, 0.2) is 103 Å². The predicted molar refractivity (Wildman–Crippen MR) is 187 cm³/mol. The average molecular weight is 607 g/mol. The molecule has 0 atom stereocenters. The predicted octanol–water partition coefficient (Wildman–Crippen LogP) is 10.1. The highest BCUT2D eigenvalue weighted by atomic mass is 16.5. The van der Waals surface area contributed by atoms with Crippen LogP contribution in [0.4, 0.5) is 0 Å². The molecule has 230 valence electrons. The Morgan fingerprint density at radius 2 is 1.48 bits per heavy atom. The minimum atomic E-state index is -0.0985. The third-order valence-electron chi connectivity index (χ3n) is 8.67. The van der Waals surface area contributed by atoms with E-state index >= 15 is 0 Å². The minimum Gasteiger partial charge on any atom is -0.497 e. The van der Waals surface area contributed by atoms with Gasteiger partial charge in [0.2, 0.25) is 0 Å². The van der Waals surface area contributed by atoms with Gasteiger partial charge in [-0.05, 0) is 97.5 Å². The van der Waals surface area contributed by atoms with Crippen molar-refractivity contribution in [3.63, 3.8) is 0 Å². The fraction of sp³-hybridized carbons (Fsp3) is 0.200. The van der Waals surface area contributed by atoms with E-state index in [1.165, 1.54) is 5.56 Å². The van der Waals surface area contributed by atoms with Gasteiger partial charge in [-0.15, -0.1) is 0 Å². The van der Waals surface area contributed by atoms with Crippen LogP contribution < -0.4 is 9.47 Å². The van der Waals surface area contributed by atoms with E-state index in [0.29, 0.717) is 0 Å². The molecule has 0 saturated heterocycles. The fourth-order valence-electron chi connectivity index (χ4n) is 6.31. The summed E-state index contributed by atoms with van der Waals surface area (Å²) in [5, 5.41) is 7.20. The molecule has 0 spiro atoms. The number of hydrogen-bond acceptors (Lipinski definition) is 4. The number of fused-ring (bicyclic) bond motifs is 3. The van der Waals surface area contributed by atoms with Gasteiger partial charge >= 0.3 is 0 Å². The maximum Gasteiger partial charge on any atom is 0.137 e. The van der Waals surface area contributed by atoms with E-state index in [1.807, 2.05) is 35.1 Å². The summed E-state index contributed by atoms with van der Waals surface area (Å²) in [6, 6.07) is 33.5. The summed E-state index contributed by atoms with van der Waals surface area (Å²) in [4.78, 5) is 4.74. The monoisotopic (exact) mass is 606 g/mol. The summed E-state index contributed by atoms with van der Waals surface area (Å²) in [5.41, 5.74) is 9.65. The van der Waals surface area contributed by atoms with Crippen LogP contribution in [0, 0.1) is 20.8 Å². The molecule has 0 aliphatic rings. The Morgan fingerprint density at radius 3 is 2.22 bits per heavy atom. The average Bonchev–Trinajstić information content (AvgIpc) is 3.52. The Morgan fingerprint density at radius 1 is 0.696 bits per heavy atom. The molecule has 0 fully saturated rings. The first-order valence-electron chi connectivity index (χ1n) is 15.6. The highest BCUT2D eigenvalue weighted by Gasteiger charge is 2.21. The number of rotatable bonds is 6. The minimum absolute atomic E-state index is 0.0985. The molecule has 0 aliphatic carbocycles. The van der Waals surface area contributed by atoms with E-state index < -0.39 is 0 Å². The molecule has 0 saturated carbocycles. The van der Waals surface area contributed by atoms with Crippen LogP contribution in [0.25, 0.3) is 44.4 Å². The van der Waals surface area contributed by atoms with Crippen molar-refractivity contribution in [3.8, 4) is 39.9 Å². The van der Waals surface area contributed by atoms with E-state index in [9.17, 15) is 0 Å². The van der Waals surface area contributed by atoms with E-state index in [1.54, 1.807) is 7.11 Å². The quantitative estimate of drug-likeness (QED) is 0.189. The molecule has 0 unspecified atom stereocenters. The van der Waals surface area contributed by atoms with E-state index in [-0.39, 0.29) is 5.41 Å². The lowest BCUT2D eigenvalue weighted by Gasteiger charge is -2.22. The summed E-state index contributed by atoms with van der Waals surface area (Å²) in [6.07, 6.45) is 1.86. The summed E-state index contributed by atoms with van der Waals surface area (Å²) in [7, 11) is 1.70. The van der Waals surface area contributed by atoms with Crippen LogP contribution in [0.5, 0.6) is 17.2 Å². The standard InChI is InChI=1S/C40H38N4O2/c1-25-17-18-41-38(19-25)43-36-16-14-31(45-7)23-35(36)34-15-13-32(24-37(34)43)46-33-21-29(40(4,5)6)20-30(22-33)44-27(3)39(26(2)42-44)28-11-9-8-10-12-28/h8-24H,1-7H3. The first-order chi connectivity index (χ1) is 22.1. The molecule has 6 nitrogen and oxygen atoms in total. The van der Waals surface area contributed by atoms with E-state index in [4.69, 9.17) is 19.6 Å². The van der Waals surface area contributed by atoms with E-state index in [2.05, 4.69) is 119 Å². The summed E-state index contributed by atoms with van der Waals surface area (Å²) in [5.74, 6) is 3.17. The van der Waals surface area contributed by atoms with Crippen LogP contribution >= 0.6 is 0 Å². The van der Waals surface area contributed by atoms with Crippen molar-refractivity contribution in [2.24, 2.45) is 0 Å². The summed E-state index contributed by atoms with van der Waals surface area (Å²) < 4.78 is 16.5. The lowest BCUT2D eigenvalue weighted by atomic mass is 9.86. The molecular weight excluding hydrogens is 568 g/mol. The second-order valence-electron chi connectivity index (χ2n) is 13.0. The molecule has 3 aromatic heterocycles. The second kappa shape index (κ2) is 11.2. The number of aromatic nitrogens is 4. The zero-order chi connectivity index (χ0) is 32.2. The molecule has 46 heavy (non-hydrogen) atoms. The molecule has 6 heteroatoms. The molecule has 0 N–H and O–H groups in total. The van der Waals surface area contributed by atoms with Crippen LogP contribution in [-0.4, -0.2) is 26.4 Å². The number of hydrogen-bond donors (Lipinski definition) is 0. The largest absolute Gasteiger partial charge is 0.497 e. The van der Waals surface area contributed by atoms with Gasteiger partial charge < -0.3 is 9.47 Å². The van der Waals surface area contributed by atoms with Crippen molar-refractivity contribution >= 4 is 21.8 Å². The van der Waals surface area contributed by atoms with Crippen LogP contribution in [0.1, 0.15) is 43.3 Å². The lowest BCUT2D eigenvalue weighted by Crippen LogP contribution is -2.12. The molecule has 3 heterocycles. The lowest BCUT2D eigenvalue weighted by molar-refractivity contribution is 0.415. The van der Waals surface area contributed by atoms with Gasteiger partial charge in [-0.2, -0.15) is 5.10 Å². The number of aryl methyl sites for hydroxylation is 2. The number of benzene rings is 4. The molecule has 0 amide bonds. The maximum absolute atomic E-state index is 6.70. The van der Waals surface area contributed by atoms with Crippen LogP contribution in [0.2, 0.25) is 0 Å². The third kappa shape index (κ3) is 5.20. The summed E-state index contributed by atoms with van der Waals surface area (Å²) in [6.45, 7) is 13.0. The van der Waals surface area contributed by atoms with Crippen molar-refractivity contribution in [1.29, 1.82) is 0 Å². The Bertz CT molecular complexity index is 2240. The Hall–Kier alpha value is -5.36. The molecular formula is C40H38N4O2. The van der Waals surface area contributed by atoms with Crippen molar-refractivity contribution in [1.82, 2.24) is 19.3 Å². The molecule has 0 bridgehead atoms.